The van der Waals surface area contributed by atoms with Crippen molar-refractivity contribution in [3.63, 3.8) is 0 Å². The SMILES string of the molecule is C[C@@H](OC[C@@H]1CCCO1)C(=O)N1CCN(c2cccc(Cl)c2)CC1. The van der Waals surface area contributed by atoms with Crippen LogP contribution in [0.3, 0.4) is 0 Å². The lowest BCUT2D eigenvalue weighted by atomic mass is 10.2. The summed E-state index contributed by atoms with van der Waals surface area (Å²) in [4.78, 5) is 16.7. The van der Waals surface area contributed by atoms with Gasteiger partial charge in [0, 0.05) is 43.5 Å². The molecule has 0 aromatic heterocycles. The highest BCUT2D eigenvalue weighted by molar-refractivity contribution is 6.30. The van der Waals surface area contributed by atoms with Crippen LogP contribution in [-0.2, 0) is 14.3 Å². The van der Waals surface area contributed by atoms with E-state index in [0.29, 0.717) is 19.7 Å². The third kappa shape index (κ3) is 4.41. The molecule has 6 heteroatoms. The van der Waals surface area contributed by atoms with Crippen molar-refractivity contribution in [3.8, 4) is 0 Å². The van der Waals surface area contributed by atoms with Crippen molar-refractivity contribution in [1.82, 2.24) is 4.90 Å². The molecule has 5 nitrogen and oxygen atoms in total. The standard InChI is InChI=1S/C18H25ClN2O3/c1-14(24-13-17-6-3-11-23-17)18(22)21-9-7-20(8-10-21)16-5-2-4-15(19)12-16/h2,4-5,12,14,17H,3,6-11,13H2,1H3/t14-,17+/m1/s1. The second-order valence-corrected chi connectivity index (χ2v) is 6.84. The first kappa shape index (κ1) is 17.5. The van der Waals surface area contributed by atoms with Crippen LogP contribution in [0.4, 0.5) is 5.69 Å². The van der Waals surface area contributed by atoms with Crippen molar-refractivity contribution in [1.29, 1.82) is 0 Å². The van der Waals surface area contributed by atoms with E-state index in [1.54, 1.807) is 0 Å². The monoisotopic (exact) mass is 352 g/mol. The molecule has 1 amide bonds. The van der Waals surface area contributed by atoms with Crippen LogP contribution < -0.4 is 4.90 Å². The average molecular weight is 353 g/mol. The van der Waals surface area contributed by atoms with Gasteiger partial charge >= 0.3 is 0 Å². The molecule has 2 atom stereocenters. The normalized spacial score (nSPS) is 22.7. The predicted octanol–water partition coefficient (Wildman–Crippen LogP) is 2.57. The molecule has 0 radical (unpaired) electrons. The molecule has 2 fully saturated rings. The van der Waals surface area contributed by atoms with Crippen LogP contribution in [-0.4, -0.2) is 62.4 Å². The number of hydrogen-bond donors (Lipinski definition) is 0. The fraction of sp³-hybridized carbons (Fsp3) is 0.611. The van der Waals surface area contributed by atoms with Crippen molar-refractivity contribution >= 4 is 23.2 Å². The molecule has 2 heterocycles. The summed E-state index contributed by atoms with van der Waals surface area (Å²) in [5.41, 5.74) is 1.11. The van der Waals surface area contributed by atoms with Gasteiger partial charge in [0.05, 0.1) is 12.7 Å². The number of anilines is 1. The lowest BCUT2D eigenvalue weighted by molar-refractivity contribution is -0.144. The number of piperazine rings is 1. The Morgan fingerprint density at radius 2 is 2.17 bits per heavy atom. The molecule has 24 heavy (non-hydrogen) atoms. The van der Waals surface area contributed by atoms with Crippen molar-refractivity contribution in [3.05, 3.63) is 29.3 Å². The van der Waals surface area contributed by atoms with E-state index < -0.39 is 6.10 Å². The van der Waals surface area contributed by atoms with Gasteiger partial charge in [-0.05, 0) is 38.0 Å². The van der Waals surface area contributed by atoms with Gasteiger partial charge in [-0.3, -0.25) is 4.79 Å². The molecule has 2 saturated heterocycles. The van der Waals surface area contributed by atoms with Gasteiger partial charge in [0.2, 0.25) is 0 Å². The highest BCUT2D eigenvalue weighted by atomic mass is 35.5. The van der Waals surface area contributed by atoms with E-state index in [0.717, 1.165) is 43.2 Å². The second-order valence-electron chi connectivity index (χ2n) is 6.40. The largest absolute Gasteiger partial charge is 0.376 e. The third-order valence-electron chi connectivity index (χ3n) is 4.67. The maximum atomic E-state index is 12.5. The molecule has 132 valence electrons. The van der Waals surface area contributed by atoms with Gasteiger partial charge in [-0.2, -0.15) is 0 Å². The van der Waals surface area contributed by atoms with E-state index in [1.165, 1.54) is 0 Å². The Kier molecular flexibility index (Phi) is 5.98. The van der Waals surface area contributed by atoms with Crippen molar-refractivity contribution < 1.29 is 14.3 Å². The van der Waals surface area contributed by atoms with Crippen LogP contribution in [0.25, 0.3) is 0 Å². The molecule has 2 aliphatic heterocycles. The molecule has 1 aromatic carbocycles. The minimum Gasteiger partial charge on any atom is -0.376 e. The summed E-state index contributed by atoms with van der Waals surface area (Å²) in [5.74, 6) is 0.0683. The van der Waals surface area contributed by atoms with Gasteiger partial charge in [-0.15, -0.1) is 0 Å². The zero-order valence-electron chi connectivity index (χ0n) is 14.1. The molecule has 0 unspecified atom stereocenters. The molecule has 1 aromatic rings. The Morgan fingerprint density at radius 3 is 2.83 bits per heavy atom. The van der Waals surface area contributed by atoms with Crippen LogP contribution in [0, 0.1) is 0 Å². The Hall–Kier alpha value is -1.30. The maximum Gasteiger partial charge on any atom is 0.251 e. The predicted molar refractivity (Wildman–Crippen MR) is 94.6 cm³/mol. The van der Waals surface area contributed by atoms with E-state index in [4.69, 9.17) is 21.1 Å². The molecule has 0 N–H and O–H groups in total. The van der Waals surface area contributed by atoms with E-state index in [1.807, 2.05) is 30.0 Å². The molecule has 0 saturated carbocycles. The highest BCUT2D eigenvalue weighted by Gasteiger charge is 2.26. The van der Waals surface area contributed by atoms with Crippen molar-refractivity contribution in [2.75, 3.05) is 44.3 Å². The number of halogens is 1. The van der Waals surface area contributed by atoms with Gasteiger partial charge in [-0.25, -0.2) is 0 Å². The number of amides is 1. The molecule has 0 aliphatic carbocycles. The number of carbonyl (C=O) groups is 1. The average Bonchev–Trinajstić information content (AvgIpc) is 3.13. The summed E-state index contributed by atoms with van der Waals surface area (Å²) in [7, 11) is 0. The van der Waals surface area contributed by atoms with Gasteiger partial charge in [0.1, 0.15) is 6.10 Å². The Labute approximate surface area is 148 Å². The Morgan fingerprint density at radius 1 is 1.38 bits per heavy atom. The zero-order chi connectivity index (χ0) is 16.9. The van der Waals surface area contributed by atoms with E-state index >= 15 is 0 Å². The van der Waals surface area contributed by atoms with Gasteiger partial charge in [-0.1, -0.05) is 17.7 Å². The Bertz CT molecular complexity index is 555. The summed E-state index contributed by atoms with van der Waals surface area (Å²) in [6, 6.07) is 7.84. The lowest BCUT2D eigenvalue weighted by Crippen LogP contribution is -2.51. The van der Waals surface area contributed by atoms with Crippen molar-refractivity contribution in [2.24, 2.45) is 0 Å². The summed E-state index contributed by atoms with van der Waals surface area (Å²) in [6.07, 6.45) is 1.85. The highest BCUT2D eigenvalue weighted by Crippen LogP contribution is 2.21. The maximum absolute atomic E-state index is 12.5. The summed E-state index contributed by atoms with van der Waals surface area (Å²) in [6.45, 7) is 6.19. The van der Waals surface area contributed by atoms with Crippen LogP contribution in [0.15, 0.2) is 24.3 Å². The molecule has 3 rings (SSSR count). The topological polar surface area (TPSA) is 42.0 Å². The zero-order valence-corrected chi connectivity index (χ0v) is 14.9. The second kappa shape index (κ2) is 8.19. The summed E-state index contributed by atoms with van der Waals surface area (Å²) >= 11 is 6.06. The number of ether oxygens (including phenoxy) is 2. The fourth-order valence-electron chi connectivity index (χ4n) is 3.21. The summed E-state index contributed by atoms with van der Waals surface area (Å²) in [5, 5.41) is 0.738. The first-order valence-electron chi connectivity index (χ1n) is 8.66. The number of rotatable bonds is 5. The number of carbonyl (C=O) groups excluding carboxylic acids is 1. The molecular formula is C18H25ClN2O3. The number of hydrogen-bond acceptors (Lipinski definition) is 4. The lowest BCUT2D eigenvalue weighted by Gasteiger charge is -2.37. The third-order valence-corrected chi connectivity index (χ3v) is 4.90. The van der Waals surface area contributed by atoms with Crippen LogP contribution >= 0.6 is 11.6 Å². The number of nitrogens with zero attached hydrogens (tertiary/aromatic N) is 2. The van der Waals surface area contributed by atoms with Gasteiger partial charge < -0.3 is 19.3 Å². The Balaban J connectivity index is 1.45. The first-order chi connectivity index (χ1) is 11.6. The van der Waals surface area contributed by atoms with Gasteiger partial charge in [0.15, 0.2) is 0 Å². The fourth-order valence-corrected chi connectivity index (χ4v) is 3.40. The minimum absolute atomic E-state index is 0.0683. The van der Waals surface area contributed by atoms with E-state index in [2.05, 4.69) is 11.0 Å². The number of benzene rings is 1. The van der Waals surface area contributed by atoms with Crippen LogP contribution in [0.1, 0.15) is 19.8 Å². The van der Waals surface area contributed by atoms with Gasteiger partial charge in [0.25, 0.3) is 5.91 Å². The minimum atomic E-state index is -0.410. The quantitative estimate of drug-likeness (QED) is 0.816. The first-order valence-corrected chi connectivity index (χ1v) is 9.04. The molecule has 2 aliphatic rings. The van der Waals surface area contributed by atoms with Crippen molar-refractivity contribution in [2.45, 2.75) is 32.0 Å². The van der Waals surface area contributed by atoms with E-state index in [9.17, 15) is 4.79 Å². The van der Waals surface area contributed by atoms with Crippen LogP contribution in [0.5, 0.6) is 0 Å². The van der Waals surface area contributed by atoms with E-state index in [-0.39, 0.29) is 12.0 Å². The van der Waals surface area contributed by atoms with Crippen LogP contribution in [0.2, 0.25) is 5.02 Å². The summed E-state index contributed by atoms with van der Waals surface area (Å²) < 4.78 is 11.3. The molecular weight excluding hydrogens is 328 g/mol. The molecule has 0 spiro atoms. The smallest absolute Gasteiger partial charge is 0.251 e. The molecule has 0 bridgehead atoms.